The van der Waals surface area contributed by atoms with Gasteiger partial charge in [-0.15, -0.1) is 0 Å². The average Bonchev–Trinajstić information content (AvgIpc) is 2.32. The van der Waals surface area contributed by atoms with Crippen LogP contribution in [0.3, 0.4) is 0 Å². The number of carbonyl (C=O) groups excluding carboxylic acids is 1. The lowest BCUT2D eigenvalue weighted by atomic mass is 10.0. The molecule has 0 atom stereocenters. The number of carboxylic acids is 1. The van der Waals surface area contributed by atoms with Crippen molar-refractivity contribution in [2.75, 3.05) is 7.05 Å². The van der Waals surface area contributed by atoms with Gasteiger partial charge in [-0.3, -0.25) is 9.59 Å². The Morgan fingerprint density at radius 1 is 1.42 bits per heavy atom. The van der Waals surface area contributed by atoms with Crippen LogP contribution < -0.4 is 5.56 Å². The van der Waals surface area contributed by atoms with E-state index >= 15 is 0 Å². The van der Waals surface area contributed by atoms with E-state index in [1.165, 1.54) is 37.7 Å². The highest BCUT2D eigenvalue weighted by Crippen LogP contribution is 2.13. The second-order valence-corrected chi connectivity index (χ2v) is 5.55. The van der Waals surface area contributed by atoms with Gasteiger partial charge in [0.25, 0.3) is 5.56 Å². The number of halogens is 1. The van der Waals surface area contributed by atoms with Gasteiger partial charge in [-0.1, -0.05) is 0 Å². The second kappa shape index (κ2) is 5.56. The summed E-state index contributed by atoms with van der Waals surface area (Å²) < 4.78 is 1.89. The number of nitrogens with zero attached hydrogens (tertiary/aromatic N) is 2. The zero-order valence-electron chi connectivity index (χ0n) is 10.9. The first-order valence-corrected chi connectivity index (χ1v) is 6.31. The second-order valence-electron chi connectivity index (χ2n) is 4.63. The molecule has 1 N–H and O–H groups in total. The van der Waals surface area contributed by atoms with Gasteiger partial charge in [-0.05, 0) is 35.8 Å². The van der Waals surface area contributed by atoms with Crippen molar-refractivity contribution < 1.29 is 14.7 Å². The highest BCUT2D eigenvalue weighted by molar-refractivity contribution is 9.10. The van der Waals surface area contributed by atoms with Gasteiger partial charge in [0, 0.05) is 23.8 Å². The minimum atomic E-state index is -1.33. The largest absolute Gasteiger partial charge is 0.480 e. The van der Waals surface area contributed by atoms with Gasteiger partial charge in [-0.2, -0.15) is 0 Å². The molecule has 6 nitrogen and oxygen atoms in total. The standard InChI is InChI=1S/C12H15BrN2O4/c1-12(2,11(18)19)14(3)10(17)7-15-6-8(13)4-5-9(15)16/h4-6H,7H2,1-3H3,(H,18,19). The summed E-state index contributed by atoms with van der Waals surface area (Å²) in [6.07, 6.45) is 1.49. The summed E-state index contributed by atoms with van der Waals surface area (Å²) in [6.45, 7) is 2.65. The molecule has 0 spiro atoms. The van der Waals surface area contributed by atoms with E-state index in [4.69, 9.17) is 5.11 Å². The average molecular weight is 331 g/mol. The Balaban J connectivity index is 2.94. The quantitative estimate of drug-likeness (QED) is 0.890. The number of rotatable bonds is 4. The molecular formula is C12H15BrN2O4. The van der Waals surface area contributed by atoms with E-state index in [2.05, 4.69) is 15.9 Å². The zero-order valence-corrected chi connectivity index (χ0v) is 12.5. The fourth-order valence-corrected chi connectivity index (χ4v) is 1.71. The zero-order chi connectivity index (χ0) is 14.8. The normalized spacial score (nSPS) is 11.2. The molecule has 0 aliphatic carbocycles. The van der Waals surface area contributed by atoms with E-state index in [-0.39, 0.29) is 12.1 Å². The smallest absolute Gasteiger partial charge is 0.329 e. The van der Waals surface area contributed by atoms with Crippen molar-refractivity contribution >= 4 is 27.8 Å². The Hall–Kier alpha value is -1.63. The third-order valence-corrected chi connectivity index (χ3v) is 3.46. The summed E-state index contributed by atoms with van der Waals surface area (Å²) in [4.78, 5) is 35.8. The molecule has 19 heavy (non-hydrogen) atoms. The van der Waals surface area contributed by atoms with Crippen molar-refractivity contribution in [2.45, 2.75) is 25.9 Å². The topological polar surface area (TPSA) is 79.6 Å². The van der Waals surface area contributed by atoms with Gasteiger partial charge in [0.2, 0.25) is 5.91 Å². The van der Waals surface area contributed by atoms with E-state index in [1.807, 2.05) is 0 Å². The van der Waals surface area contributed by atoms with Crippen molar-refractivity contribution in [1.29, 1.82) is 0 Å². The lowest BCUT2D eigenvalue weighted by Gasteiger charge is -2.31. The van der Waals surface area contributed by atoms with Crippen LogP contribution in [-0.2, 0) is 16.1 Å². The first kappa shape index (κ1) is 15.4. The molecule has 7 heteroatoms. The molecule has 0 fully saturated rings. The first-order valence-electron chi connectivity index (χ1n) is 5.52. The maximum atomic E-state index is 12.0. The maximum absolute atomic E-state index is 12.0. The summed E-state index contributed by atoms with van der Waals surface area (Å²) in [6, 6.07) is 2.91. The molecular weight excluding hydrogens is 316 g/mol. The highest BCUT2D eigenvalue weighted by atomic mass is 79.9. The maximum Gasteiger partial charge on any atom is 0.329 e. The van der Waals surface area contributed by atoms with Gasteiger partial charge in [0.1, 0.15) is 12.1 Å². The predicted molar refractivity (Wildman–Crippen MR) is 72.9 cm³/mol. The molecule has 0 radical (unpaired) electrons. The molecule has 0 aliphatic rings. The van der Waals surface area contributed by atoms with Gasteiger partial charge in [0.15, 0.2) is 0 Å². The molecule has 1 heterocycles. The summed E-state index contributed by atoms with van der Waals surface area (Å²) in [5, 5.41) is 9.06. The fourth-order valence-electron chi connectivity index (χ4n) is 1.33. The van der Waals surface area contributed by atoms with Crippen LogP contribution in [0.2, 0.25) is 0 Å². The summed E-state index contributed by atoms with van der Waals surface area (Å²) in [5.74, 6) is -1.56. The minimum absolute atomic E-state index is 0.203. The van der Waals surface area contributed by atoms with Gasteiger partial charge >= 0.3 is 5.97 Å². The lowest BCUT2D eigenvalue weighted by Crippen LogP contribution is -2.52. The van der Waals surface area contributed by atoms with Crippen LogP contribution in [0.25, 0.3) is 0 Å². The van der Waals surface area contributed by atoms with E-state index in [0.29, 0.717) is 4.47 Å². The molecule has 1 rings (SSSR count). The van der Waals surface area contributed by atoms with Crippen LogP contribution in [0.4, 0.5) is 0 Å². The summed E-state index contributed by atoms with van der Waals surface area (Å²) in [7, 11) is 1.40. The number of hydrogen-bond donors (Lipinski definition) is 1. The van der Waals surface area contributed by atoms with Crippen molar-refractivity contribution in [2.24, 2.45) is 0 Å². The number of pyridine rings is 1. The third kappa shape index (κ3) is 3.44. The van der Waals surface area contributed by atoms with Crippen molar-refractivity contribution in [3.8, 4) is 0 Å². The van der Waals surface area contributed by atoms with E-state index in [1.54, 1.807) is 6.07 Å². The Morgan fingerprint density at radius 3 is 2.53 bits per heavy atom. The summed E-state index contributed by atoms with van der Waals surface area (Å²) in [5.41, 5.74) is -1.65. The molecule has 1 aromatic rings. The van der Waals surface area contributed by atoms with Crippen LogP contribution in [0.15, 0.2) is 27.6 Å². The lowest BCUT2D eigenvalue weighted by molar-refractivity contribution is -0.155. The molecule has 0 unspecified atom stereocenters. The predicted octanol–water partition coefficient (Wildman–Crippen LogP) is 0.932. The van der Waals surface area contributed by atoms with E-state index < -0.39 is 17.4 Å². The Kier molecular flexibility index (Phi) is 4.52. The van der Waals surface area contributed by atoms with Crippen molar-refractivity contribution in [1.82, 2.24) is 9.47 Å². The van der Waals surface area contributed by atoms with Crippen molar-refractivity contribution in [3.63, 3.8) is 0 Å². The van der Waals surface area contributed by atoms with Crippen molar-refractivity contribution in [3.05, 3.63) is 33.2 Å². The molecule has 0 saturated carbocycles. The van der Waals surface area contributed by atoms with Crippen LogP contribution >= 0.6 is 15.9 Å². The van der Waals surface area contributed by atoms with Crippen LogP contribution in [0, 0.1) is 0 Å². The highest BCUT2D eigenvalue weighted by Gasteiger charge is 2.35. The molecule has 1 aromatic heterocycles. The Labute approximate surface area is 118 Å². The van der Waals surface area contributed by atoms with Gasteiger partial charge in [0.05, 0.1) is 0 Å². The summed E-state index contributed by atoms with van der Waals surface area (Å²) >= 11 is 3.21. The van der Waals surface area contributed by atoms with Gasteiger partial charge < -0.3 is 14.6 Å². The van der Waals surface area contributed by atoms with Crippen LogP contribution in [0.5, 0.6) is 0 Å². The number of aromatic nitrogens is 1. The monoisotopic (exact) mass is 330 g/mol. The Bertz CT molecular complexity index is 565. The number of carboxylic acid groups (broad SMARTS) is 1. The molecule has 0 aromatic carbocycles. The number of carbonyl (C=O) groups is 2. The number of aliphatic carboxylic acids is 1. The van der Waals surface area contributed by atoms with Gasteiger partial charge in [-0.25, -0.2) is 4.79 Å². The first-order chi connectivity index (χ1) is 8.66. The molecule has 104 valence electrons. The Morgan fingerprint density at radius 2 is 2.00 bits per heavy atom. The number of amides is 1. The fraction of sp³-hybridized carbons (Fsp3) is 0.417. The van der Waals surface area contributed by atoms with Crippen LogP contribution in [0.1, 0.15) is 13.8 Å². The molecule has 0 saturated heterocycles. The van der Waals surface area contributed by atoms with Crippen LogP contribution in [-0.4, -0.2) is 39.0 Å². The molecule has 0 aliphatic heterocycles. The van der Waals surface area contributed by atoms with E-state index in [0.717, 1.165) is 4.90 Å². The number of hydrogen-bond acceptors (Lipinski definition) is 3. The molecule has 0 bridgehead atoms. The molecule has 1 amide bonds. The van der Waals surface area contributed by atoms with E-state index in [9.17, 15) is 14.4 Å². The SMILES string of the molecule is CN(C(=O)Cn1cc(Br)ccc1=O)C(C)(C)C(=O)O. The third-order valence-electron chi connectivity index (χ3n) is 2.99. The minimum Gasteiger partial charge on any atom is -0.480 e. The number of likely N-dealkylation sites (N-methyl/N-ethyl adjacent to an activating group) is 1.